The van der Waals surface area contributed by atoms with Gasteiger partial charge in [0.1, 0.15) is 10.7 Å². The normalized spacial score (nSPS) is 10.7. The molecule has 2 heterocycles. The maximum absolute atomic E-state index is 12.9. The predicted octanol–water partition coefficient (Wildman–Crippen LogP) is 4.02. The zero-order valence-corrected chi connectivity index (χ0v) is 18.8. The van der Waals surface area contributed by atoms with E-state index in [9.17, 15) is 9.59 Å². The Hall–Kier alpha value is -3.49. The third kappa shape index (κ3) is 5.40. The van der Waals surface area contributed by atoms with Crippen molar-refractivity contribution in [3.63, 3.8) is 0 Å². The molecule has 2 N–H and O–H groups in total. The van der Waals surface area contributed by atoms with Crippen LogP contribution in [0.4, 0.5) is 0 Å². The number of benzene rings is 2. The lowest BCUT2D eigenvalue weighted by Crippen LogP contribution is -2.42. The number of carbonyl (C=O) groups is 2. The molecule has 32 heavy (non-hydrogen) atoms. The van der Waals surface area contributed by atoms with Crippen LogP contribution < -0.4 is 10.9 Å². The molecule has 0 saturated carbocycles. The van der Waals surface area contributed by atoms with E-state index in [0.29, 0.717) is 27.8 Å². The topological polar surface area (TPSA) is 88.9 Å². The van der Waals surface area contributed by atoms with E-state index in [4.69, 9.17) is 11.6 Å². The van der Waals surface area contributed by atoms with E-state index in [1.165, 1.54) is 11.3 Å². The van der Waals surface area contributed by atoms with Crippen LogP contribution in [0.5, 0.6) is 0 Å². The van der Waals surface area contributed by atoms with Gasteiger partial charge < -0.3 is 0 Å². The van der Waals surface area contributed by atoms with Crippen LogP contribution in [0.3, 0.4) is 0 Å². The molecule has 2 amide bonds. The molecule has 2 aromatic heterocycles. The van der Waals surface area contributed by atoms with E-state index in [0.717, 1.165) is 16.8 Å². The van der Waals surface area contributed by atoms with Gasteiger partial charge in [0.15, 0.2) is 0 Å². The molecule has 0 atom stereocenters. The molecule has 4 rings (SSSR count). The van der Waals surface area contributed by atoms with Gasteiger partial charge in [-0.25, -0.2) is 4.98 Å². The van der Waals surface area contributed by atoms with Crippen LogP contribution in [0.2, 0.25) is 5.02 Å². The van der Waals surface area contributed by atoms with Gasteiger partial charge in [0.05, 0.1) is 18.5 Å². The fourth-order valence-corrected chi connectivity index (χ4v) is 4.02. The standard InChI is InChI=1S/C23H20ClN5O2S/c1-15-14-32-21(25-15)11-20(30)26-27-23(31)19-13-29(12-16-5-3-2-4-6-16)28-22(19)17-7-9-18(24)10-8-17/h2-10,13-14H,11-12H2,1H3,(H,26,30)(H,27,31). The number of hydrogen-bond acceptors (Lipinski definition) is 5. The lowest BCUT2D eigenvalue weighted by Gasteiger charge is -2.07. The van der Waals surface area contributed by atoms with E-state index >= 15 is 0 Å². The van der Waals surface area contributed by atoms with Gasteiger partial charge in [0.25, 0.3) is 5.91 Å². The highest BCUT2D eigenvalue weighted by atomic mass is 35.5. The average molecular weight is 466 g/mol. The third-order valence-corrected chi connectivity index (χ3v) is 5.82. The molecule has 0 aliphatic carbocycles. The summed E-state index contributed by atoms with van der Waals surface area (Å²) in [7, 11) is 0. The van der Waals surface area contributed by atoms with Crippen molar-refractivity contribution in [2.75, 3.05) is 0 Å². The van der Waals surface area contributed by atoms with E-state index in [2.05, 4.69) is 20.9 Å². The number of aromatic nitrogens is 3. The predicted molar refractivity (Wildman–Crippen MR) is 124 cm³/mol. The number of nitrogens with one attached hydrogen (secondary N) is 2. The quantitative estimate of drug-likeness (QED) is 0.421. The number of aryl methyl sites for hydroxylation is 1. The molecule has 0 radical (unpaired) electrons. The average Bonchev–Trinajstić information content (AvgIpc) is 3.39. The Morgan fingerprint density at radius 2 is 1.81 bits per heavy atom. The van der Waals surface area contributed by atoms with Gasteiger partial charge in [0, 0.05) is 27.9 Å². The SMILES string of the molecule is Cc1csc(CC(=O)NNC(=O)c2cn(Cc3ccccc3)nc2-c2ccc(Cl)cc2)n1. The summed E-state index contributed by atoms with van der Waals surface area (Å²) in [5, 5.41) is 7.77. The monoisotopic (exact) mass is 465 g/mol. The Labute approximate surface area is 194 Å². The van der Waals surface area contributed by atoms with Crippen LogP contribution in [0.1, 0.15) is 26.6 Å². The minimum atomic E-state index is -0.460. The smallest absolute Gasteiger partial charge is 0.273 e. The van der Waals surface area contributed by atoms with E-state index in [-0.39, 0.29) is 12.3 Å². The molecular weight excluding hydrogens is 446 g/mol. The summed E-state index contributed by atoms with van der Waals surface area (Å²) >= 11 is 7.41. The lowest BCUT2D eigenvalue weighted by molar-refractivity contribution is -0.121. The number of amides is 2. The van der Waals surface area contributed by atoms with Gasteiger partial charge in [-0.15, -0.1) is 11.3 Å². The van der Waals surface area contributed by atoms with E-state index in [1.807, 2.05) is 42.6 Å². The summed E-state index contributed by atoms with van der Waals surface area (Å²) < 4.78 is 1.70. The largest absolute Gasteiger partial charge is 0.273 e. The number of rotatable bonds is 6. The van der Waals surface area contributed by atoms with Crippen LogP contribution in [0.25, 0.3) is 11.3 Å². The summed E-state index contributed by atoms with van der Waals surface area (Å²) in [6, 6.07) is 16.9. The summed E-state index contributed by atoms with van der Waals surface area (Å²) in [6.07, 6.45) is 1.76. The molecule has 0 unspecified atom stereocenters. The molecule has 7 nitrogen and oxygen atoms in total. The summed E-state index contributed by atoms with van der Waals surface area (Å²) in [5.74, 6) is -0.810. The highest BCUT2D eigenvalue weighted by Crippen LogP contribution is 2.24. The van der Waals surface area contributed by atoms with Gasteiger partial charge in [-0.3, -0.25) is 25.1 Å². The molecule has 9 heteroatoms. The van der Waals surface area contributed by atoms with Crippen LogP contribution in [-0.4, -0.2) is 26.6 Å². The molecule has 0 fully saturated rings. The van der Waals surface area contributed by atoms with E-state index in [1.54, 1.807) is 35.1 Å². The van der Waals surface area contributed by atoms with Gasteiger partial charge >= 0.3 is 0 Å². The highest BCUT2D eigenvalue weighted by Gasteiger charge is 2.19. The van der Waals surface area contributed by atoms with Crippen molar-refractivity contribution >= 4 is 34.8 Å². The van der Waals surface area contributed by atoms with Crippen molar-refractivity contribution in [2.45, 2.75) is 19.9 Å². The number of halogens is 1. The number of hydrogen-bond donors (Lipinski definition) is 2. The maximum Gasteiger partial charge on any atom is 0.273 e. The van der Waals surface area contributed by atoms with Gasteiger partial charge in [-0.1, -0.05) is 54.1 Å². The zero-order chi connectivity index (χ0) is 22.5. The molecular formula is C23H20ClN5O2S. The van der Waals surface area contributed by atoms with E-state index < -0.39 is 5.91 Å². The first-order chi connectivity index (χ1) is 15.5. The Bertz CT molecular complexity index is 1240. The molecule has 0 aliphatic rings. The molecule has 0 spiro atoms. The number of nitrogens with zero attached hydrogens (tertiary/aromatic N) is 3. The number of thiazole rings is 1. The van der Waals surface area contributed by atoms with Crippen molar-refractivity contribution in [3.05, 3.63) is 93.0 Å². The molecule has 0 aliphatic heterocycles. The van der Waals surface area contributed by atoms with Crippen LogP contribution in [-0.2, 0) is 17.8 Å². The molecule has 2 aromatic carbocycles. The summed E-state index contributed by atoms with van der Waals surface area (Å²) in [4.78, 5) is 29.4. The van der Waals surface area contributed by atoms with Crippen molar-refractivity contribution in [3.8, 4) is 11.3 Å². The molecule has 4 aromatic rings. The van der Waals surface area contributed by atoms with Crippen LogP contribution in [0, 0.1) is 6.92 Å². The van der Waals surface area contributed by atoms with Crippen molar-refractivity contribution in [2.24, 2.45) is 0 Å². The Morgan fingerprint density at radius 3 is 2.50 bits per heavy atom. The minimum absolute atomic E-state index is 0.0934. The molecule has 0 bridgehead atoms. The fraction of sp³-hybridized carbons (Fsp3) is 0.130. The van der Waals surface area contributed by atoms with Crippen molar-refractivity contribution in [1.29, 1.82) is 0 Å². The first kappa shape index (κ1) is 21.7. The first-order valence-electron chi connectivity index (χ1n) is 9.85. The number of carbonyl (C=O) groups excluding carboxylic acids is 2. The molecule has 162 valence electrons. The molecule has 0 saturated heterocycles. The minimum Gasteiger partial charge on any atom is -0.273 e. The Morgan fingerprint density at radius 1 is 1.06 bits per heavy atom. The van der Waals surface area contributed by atoms with Crippen LogP contribution in [0.15, 0.2) is 66.2 Å². The highest BCUT2D eigenvalue weighted by molar-refractivity contribution is 7.09. The second-order valence-electron chi connectivity index (χ2n) is 7.14. The second-order valence-corrected chi connectivity index (χ2v) is 8.52. The summed E-state index contributed by atoms with van der Waals surface area (Å²) in [6.45, 7) is 2.37. The van der Waals surface area contributed by atoms with Gasteiger partial charge in [0.2, 0.25) is 5.91 Å². The number of hydrazine groups is 1. The lowest BCUT2D eigenvalue weighted by atomic mass is 10.1. The van der Waals surface area contributed by atoms with Crippen LogP contribution >= 0.6 is 22.9 Å². The van der Waals surface area contributed by atoms with Gasteiger partial charge in [-0.05, 0) is 24.6 Å². The second kappa shape index (κ2) is 9.76. The third-order valence-electron chi connectivity index (χ3n) is 4.61. The van der Waals surface area contributed by atoms with Crippen molar-refractivity contribution < 1.29 is 9.59 Å². The maximum atomic E-state index is 12.9. The Kier molecular flexibility index (Phi) is 6.63. The van der Waals surface area contributed by atoms with Crippen molar-refractivity contribution in [1.82, 2.24) is 25.6 Å². The van der Waals surface area contributed by atoms with Gasteiger partial charge in [-0.2, -0.15) is 5.10 Å². The first-order valence-corrected chi connectivity index (χ1v) is 11.1. The Balaban J connectivity index is 1.52. The fourth-order valence-electron chi connectivity index (χ4n) is 3.12. The summed E-state index contributed by atoms with van der Waals surface area (Å²) in [5.41, 5.74) is 8.44. The zero-order valence-electron chi connectivity index (χ0n) is 17.2.